The second kappa shape index (κ2) is 10.6. The van der Waals surface area contributed by atoms with Gasteiger partial charge < -0.3 is 9.47 Å². The van der Waals surface area contributed by atoms with Crippen molar-refractivity contribution < 1.29 is 23.9 Å². The molecule has 0 aliphatic heterocycles. The van der Waals surface area contributed by atoms with Gasteiger partial charge in [0.25, 0.3) is 5.78 Å². The average molecular weight is 336 g/mol. The van der Waals surface area contributed by atoms with Crippen LogP contribution in [0.5, 0.6) is 0 Å². The molecule has 0 radical (unpaired) electrons. The zero-order valence-corrected chi connectivity index (χ0v) is 14.1. The highest BCUT2D eigenvalue weighted by atomic mass is 32.2. The summed E-state index contributed by atoms with van der Waals surface area (Å²) in [5.74, 6) is -1.86. The highest BCUT2D eigenvalue weighted by molar-refractivity contribution is 8.03. The van der Waals surface area contributed by atoms with Crippen molar-refractivity contribution in [1.82, 2.24) is 0 Å². The smallest absolute Gasteiger partial charge is 0.379 e. The number of ketones is 1. The number of hydrogen-bond acceptors (Lipinski definition) is 6. The third kappa shape index (κ3) is 7.65. The van der Waals surface area contributed by atoms with Gasteiger partial charge in [-0.3, -0.25) is 9.59 Å². The molecule has 0 aromatic heterocycles. The minimum absolute atomic E-state index is 0.155. The van der Waals surface area contributed by atoms with Crippen molar-refractivity contribution in [2.45, 2.75) is 31.1 Å². The second-order valence-electron chi connectivity index (χ2n) is 4.54. The Morgan fingerprint density at radius 3 is 2.43 bits per heavy atom. The SMILES string of the molecule is CCOC(=O)C(=O)/C=C(\CCCC(=O)OC)Sc1ccccc1. The summed E-state index contributed by atoms with van der Waals surface area (Å²) in [4.78, 5) is 36.1. The van der Waals surface area contributed by atoms with Gasteiger partial charge >= 0.3 is 11.9 Å². The first kappa shape index (κ1) is 19.0. The minimum atomic E-state index is -0.869. The zero-order valence-electron chi connectivity index (χ0n) is 13.2. The maximum absolute atomic E-state index is 11.8. The molecule has 0 spiro atoms. The van der Waals surface area contributed by atoms with Crippen LogP contribution in [0, 0.1) is 0 Å². The topological polar surface area (TPSA) is 69.7 Å². The Kier molecular flexibility index (Phi) is 8.75. The molecule has 1 rings (SSSR count). The quantitative estimate of drug-likeness (QED) is 0.299. The summed E-state index contributed by atoms with van der Waals surface area (Å²) in [6.45, 7) is 1.80. The molecule has 23 heavy (non-hydrogen) atoms. The molecule has 0 N–H and O–H groups in total. The van der Waals surface area contributed by atoms with Gasteiger partial charge in [-0.25, -0.2) is 4.79 Å². The number of methoxy groups -OCH3 is 1. The molecule has 1 aromatic rings. The fourth-order valence-electron chi connectivity index (χ4n) is 1.71. The lowest BCUT2D eigenvalue weighted by Crippen LogP contribution is -2.15. The second-order valence-corrected chi connectivity index (χ2v) is 5.74. The predicted molar refractivity (Wildman–Crippen MR) is 87.9 cm³/mol. The van der Waals surface area contributed by atoms with Crippen LogP contribution < -0.4 is 0 Å². The first-order valence-electron chi connectivity index (χ1n) is 7.28. The van der Waals surface area contributed by atoms with Gasteiger partial charge in [0.05, 0.1) is 13.7 Å². The van der Waals surface area contributed by atoms with Crippen molar-refractivity contribution in [3.05, 3.63) is 41.3 Å². The van der Waals surface area contributed by atoms with Gasteiger partial charge in [0.1, 0.15) is 0 Å². The Morgan fingerprint density at radius 1 is 1.13 bits per heavy atom. The molecule has 5 nitrogen and oxygen atoms in total. The molecule has 1 aromatic carbocycles. The number of ether oxygens (including phenoxy) is 2. The summed E-state index contributed by atoms with van der Waals surface area (Å²) in [6.07, 6.45) is 2.58. The lowest BCUT2D eigenvalue weighted by molar-refractivity contribution is -0.151. The average Bonchev–Trinajstić information content (AvgIpc) is 2.55. The first-order chi connectivity index (χ1) is 11.1. The largest absolute Gasteiger partial charge is 0.469 e. The molecule has 0 bridgehead atoms. The van der Waals surface area contributed by atoms with E-state index in [0.29, 0.717) is 17.7 Å². The summed E-state index contributed by atoms with van der Waals surface area (Å²) in [7, 11) is 1.34. The monoisotopic (exact) mass is 336 g/mol. The van der Waals surface area contributed by atoms with Crippen LogP contribution in [0.1, 0.15) is 26.2 Å². The molecular formula is C17H20O5S. The number of allylic oxidation sites excluding steroid dienone is 1. The highest BCUT2D eigenvalue weighted by Crippen LogP contribution is 2.30. The van der Waals surface area contributed by atoms with Crippen LogP contribution in [0.2, 0.25) is 0 Å². The van der Waals surface area contributed by atoms with Gasteiger partial charge in [-0.2, -0.15) is 0 Å². The summed E-state index contributed by atoms with van der Waals surface area (Å²) < 4.78 is 9.29. The van der Waals surface area contributed by atoms with Crippen molar-refractivity contribution in [3.63, 3.8) is 0 Å². The standard InChI is InChI=1S/C17H20O5S/c1-3-22-17(20)15(18)12-14(10-7-11-16(19)21-2)23-13-8-5-4-6-9-13/h4-6,8-9,12H,3,7,10-11H2,1-2H3/b14-12+. The number of benzene rings is 1. The fraction of sp³-hybridized carbons (Fsp3) is 0.353. The normalized spacial score (nSPS) is 11.0. The van der Waals surface area contributed by atoms with E-state index in [1.807, 2.05) is 30.3 Å². The van der Waals surface area contributed by atoms with E-state index >= 15 is 0 Å². The number of esters is 2. The van der Waals surface area contributed by atoms with Gasteiger partial charge in [-0.05, 0) is 36.8 Å². The molecule has 0 saturated heterocycles. The Morgan fingerprint density at radius 2 is 1.83 bits per heavy atom. The van der Waals surface area contributed by atoms with Crippen molar-refractivity contribution in [1.29, 1.82) is 0 Å². The summed E-state index contributed by atoms with van der Waals surface area (Å²) >= 11 is 1.39. The first-order valence-corrected chi connectivity index (χ1v) is 8.09. The third-order valence-corrected chi connectivity index (χ3v) is 3.88. The number of carbonyl (C=O) groups excluding carboxylic acids is 3. The number of hydrogen-bond donors (Lipinski definition) is 0. The van der Waals surface area contributed by atoms with E-state index in [1.54, 1.807) is 6.92 Å². The van der Waals surface area contributed by atoms with Gasteiger partial charge in [-0.1, -0.05) is 30.0 Å². The lowest BCUT2D eigenvalue weighted by atomic mass is 10.2. The maximum atomic E-state index is 11.8. The summed E-state index contributed by atoms with van der Waals surface area (Å²) in [6, 6.07) is 9.50. The molecular weight excluding hydrogens is 316 g/mol. The minimum Gasteiger partial charge on any atom is -0.469 e. The molecule has 0 unspecified atom stereocenters. The maximum Gasteiger partial charge on any atom is 0.379 e. The summed E-state index contributed by atoms with van der Waals surface area (Å²) in [5, 5.41) is 0. The molecule has 0 amide bonds. The van der Waals surface area contributed by atoms with Crippen molar-refractivity contribution in [2.75, 3.05) is 13.7 Å². The van der Waals surface area contributed by atoms with Crippen LogP contribution in [0.3, 0.4) is 0 Å². The predicted octanol–water partition coefficient (Wildman–Crippen LogP) is 3.14. The van der Waals surface area contributed by atoms with Crippen LogP contribution in [0.25, 0.3) is 0 Å². The van der Waals surface area contributed by atoms with Gasteiger partial charge in [0.2, 0.25) is 0 Å². The zero-order chi connectivity index (χ0) is 17.1. The molecule has 0 heterocycles. The van der Waals surface area contributed by atoms with Crippen LogP contribution in [-0.2, 0) is 23.9 Å². The van der Waals surface area contributed by atoms with E-state index in [9.17, 15) is 14.4 Å². The summed E-state index contributed by atoms with van der Waals surface area (Å²) in [5.41, 5.74) is 0. The van der Waals surface area contributed by atoms with Gasteiger partial charge in [0, 0.05) is 17.4 Å². The highest BCUT2D eigenvalue weighted by Gasteiger charge is 2.14. The number of rotatable bonds is 9. The van der Waals surface area contributed by atoms with E-state index < -0.39 is 11.8 Å². The van der Waals surface area contributed by atoms with Gasteiger partial charge in [-0.15, -0.1) is 0 Å². The molecule has 0 saturated carbocycles. The Balaban J connectivity index is 2.76. The third-order valence-electron chi connectivity index (χ3n) is 2.79. The fourth-order valence-corrected chi connectivity index (χ4v) is 2.72. The van der Waals surface area contributed by atoms with Crippen molar-refractivity contribution >= 4 is 29.5 Å². The van der Waals surface area contributed by atoms with Crippen LogP contribution >= 0.6 is 11.8 Å². The van der Waals surface area contributed by atoms with E-state index in [4.69, 9.17) is 4.74 Å². The molecule has 0 atom stereocenters. The molecule has 0 fully saturated rings. The van der Waals surface area contributed by atoms with Crippen molar-refractivity contribution in [2.24, 2.45) is 0 Å². The van der Waals surface area contributed by atoms with Crippen LogP contribution in [-0.4, -0.2) is 31.4 Å². The van der Waals surface area contributed by atoms with E-state index in [-0.39, 0.29) is 19.0 Å². The Labute approximate surface area is 140 Å². The van der Waals surface area contributed by atoms with Gasteiger partial charge in [0.15, 0.2) is 0 Å². The molecule has 0 aliphatic rings. The lowest BCUT2D eigenvalue weighted by Gasteiger charge is -2.07. The van der Waals surface area contributed by atoms with E-state index in [1.165, 1.54) is 24.9 Å². The number of carbonyl (C=O) groups is 3. The molecule has 124 valence electrons. The van der Waals surface area contributed by atoms with Crippen LogP contribution in [0.4, 0.5) is 0 Å². The Bertz CT molecular complexity index is 566. The van der Waals surface area contributed by atoms with E-state index in [2.05, 4.69) is 4.74 Å². The van der Waals surface area contributed by atoms with E-state index in [0.717, 1.165) is 4.90 Å². The van der Waals surface area contributed by atoms with Crippen LogP contribution in [0.15, 0.2) is 46.2 Å². The molecule has 6 heteroatoms. The number of thioether (sulfide) groups is 1. The molecule has 0 aliphatic carbocycles. The Hall–Kier alpha value is -2.08. The van der Waals surface area contributed by atoms with Crippen molar-refractivity contribution in [3.8, 4) is 0 Å².